The van der Waals surface area contributed by atoms with E-state index in [0.717, 1.165) is 82.7 Å². The number of anilines is 1. The van der Waals surface area contributed by atoms with E-state index in [9.17, 15) is 28.6 Å². The van der Waals surface area contributed by atoms with Crippen molar-refractivity contribution in [2.75, 3.05) is 65.3 Å². The Morgan fingerprint density at radius 2 is 1.20 bits per heavy atom. The summed E-state index contributed by atoms with van der Waals surface area (Å²) < 4.78 is 55.1. The van der Waals surface area contributed by atoms with Crippen LogP contribution in [0.3, 0.4) is 0 Å². The third kappa shape index (κ3) is 18.5. The van der Waals surface area contributed by atoms with Crippen molar-refractivity contribution >= 4 is 108 Å². The number of tetrazole rings is 1. The minimum absolute atomic E-state index is 0.0297. The van der Waals surface area contributed by atoms with Gasteiger partial charge in [0.15, 0.2) is 28.7 Å². The van der Waals surface area contributed by atoms with Crippen LogP contribution in [-0.2, 0) is 49.0 Å². The maximum atomic E-state index is 12.2. The number of hydrogen-bond acceptors (Lipinski definition) is 19. The lowest BCUT2D eigenvalue weighted by molar-refractivity contribution is -0.385. The molecule has 0 amide bonds. The molecule has 30 heteroatoms. The zero-order valence-corrected chi connectivity index (χ0v) is 54.1. The average Bonchev–Trinajstić information content (AvgIpc) is 4.15. The zero-order valence-electron chi connectivity index (χ0n) is 47.8. The number of nitro benzene ring substituents is 2. The Labute approximate surface area is 532 Å². The molecule has 0 spiro atoms. The molecular weight excluding hydrogens is 1440 g/mol. The second kappa shape index (κ2) is 33.5. The van der Waals surface area contributed by atoms with E-state index in [1.807, 2.05) is 78.1 Å². The predicted octanol–water partition coefficient (Wildman–Crippen LogP) is 8.44. The van der Waals surface area contributed by atoms with Crippen LogP contribution in [0.5, 0.6) is 23.0 Å². The van der Waals surface area contributed by atoms with Gasteiger partial charge < -0.3 is 33.8 Å². The summed E-state index contributed by atoms with van der Waals surface area (Å²) in [6.07, 6.45) is 10.7. The summed E-state index contributed by atoms with van der Waals surface area (Å²) in [6, 6.07) is 27.5. The number of methoxy groups -OCH3 is 4. The highest BCUT2D eigenvalue weighted by molar-refractivity contribution is 14.1. The first-order valence-corrected chi connectivity index (χ1v) is 30.2. The molecule has 5 heterocycles. The smallest absolute Gasteiger partial charge is 0.284 e. The molecule has 444 valence electrons. The molecule has 0 atom stereocenters. The highest BCUT2D eigenvalue weighted by Crippen LogP contribution is 2.39. The molecule has 3 N–H and O–H groups in total. The molecule has 10 rings (SSSR count). The van der Waals surface area contributed by atoms with Gasteiger partial charge in [-0.05, 0) is 83.5 Å². The van der Waals surface area contributed by atoms with Gasteiger partial charge in [0, 0.05) is 76.5 Å². The van der Waals surface area contributed by atoms with E-state index < -0.39 is 19.9 Å². The number of nitrogens with zero attached hydrogens (tertiary/aromatic N) is 13. The molecule has 2 aliphatic heterocycles. The van der Waals surface area contributed by atoms with E-state index in [4.69, 9.17) is 25.3 Å². The lowest BCUT2D eigenvalue weighted by atomic mass is 10.1. The fourth-order valence-electron chi connectivity index (χ4n) is 8.62. The summed E-state index contributed by atoms with van der Waals surface area (Å²) in [4.78, 5) is 40.4. The molecule has 0 saturated carbocycles. The van der Waals surface area contributed by atoms with Crippen molar-refractivity contribution in [3.05, 3.63) is 176 Å². The minimum atomic E-state index is -3.88. The van der Waals surface area contributed by atoms with Crippen molar-refractivity contribution in [1.29, 1.82) is 0.594 Å². The van der Waals surface area contributed by atoms with Gasteiger partial charge in [-0.3, -0.25) is 30.0 Å². The van der Waals surface area contributed by atoms with Gasteiger partial charge in [0.05, 0.1) is 96.8 Å². The molecule has 3 aromatic heterocycles. The molecule has 84 heavy (non-hydrogen) atoms. The van der Waals surface area contributed by atoms with Crippen LogP contribution in [0.4, 0.5) is 17.1 Å². The van der Waals surface area contributed by atoms with E-state index in [0.29, 0.717) is 11.4 Å². The van der Waals surface area contributed by atoms with Crippen molar-refractivity contribution in [3.63, 3.8) is 0 Å². The topological polar surface area (TPSA) is 293 Å². The molecule has 0 fully saturated rings. The number of hydrazone groups is 1. The Balaban J connectivity index is 0.000000233. The number of nitrogens with two attached hydrogens (primary N) is 1. The Hall–Kier alpha value is -7.02. The number of aromatic nitrogens is 8. The van der Waals surface area contributed by atoms with Crippen LogP contribution < -0.4 is 29.5 Å². The van der Waals surface area contributed by atoms with Crippen molar-refractivity contribution in [2.24, 2.45) is 5.10 Å². The van der Waals surface area contributed by atoms with Crippen molar-refractivity contribution in [3.8, 4) is 40.1 Å². The van der Waals surface area contributed by atoms with Gasteiger partial charge in [-0.2, -0.15) is 35.9 Å². The molecule has 5 aromatic carbocycles. The van der Waals surface area contributed by atoms with Crippen molar-refractivity contribution in [2.45, 2.75) is 50.8 Å². The van der Waals surface area contributed by atoms with Crippen LogP contribution in [0, 0.1) is 27.2 Å². The Bertz CT molecular complexity index is 3550. The SMILES string of the molecule is CI.COc1cc(-c2nnn(-c3ccc(CCN4CCn5cncc5C4)cc3)n2)c([N+](=O)[O-])cc1OC.COc1cc(/C=N/NS(=O)(=O)c2ccc(C)cc2)c([N+](=O)[O-])cc1OC.Nc1ccc(CCN2CCn3cncc3C2)cc1.[2H]I.[B]I. The number of imidazole rings is 2. The van der Waals surface area contributed by atoms with E-state index in [2.05, 4.69) is 89.8 Å². The number of hydrogen-bond donors (Lipinski definition) is 2. The summed E-state index contributed by atoms with van der Waals surface area (Å²) in [5.74, 6) is 1.14. The monoisotopic (exact) mass is 1510 g/mol. The van der Waals surface area contributed by atoms with Crippen LogP contribution in [-0.4, -0.2) is 139 Å². The second-order valence-electron chi connectivity index (χ2n) is 18.2. The average molecular weight is 1510 g/mol. The van der Waals surface area contributed by atoms with Crippen molar-refractivity contribution in [1.82, 2.24) is 53.9 Å². The maximum Gasteiger partial charge on any atom is 0.284 e. The molecule has 8 aromatic rings. The van der Waals surface area contributed by atoms with Crippen LogP contribution in [0.2, 0.25) is 0 Å². The maximum absolute atomic E-state index is 12.2. The van der Waals surface area contributed by atoms with Crippen LogP contribution in [0.1, 0.15) is 33.6 Å². The number of aryl methyl sites for hydroxylation is 1. The third-order valence-corrected chi connectivity index (χ3v) is 14.3. The van der Waals surface area contributed by atoms with Gasteiger partial charge in [-0.15, -0.1) is 38.8 Å². The summed E-state index contributed by atoms with van der Waals surface area (Å²) in [7, 11) is 1.73. The largest absolute Gasteiger partial charge is 0.493 e. The number of sulfonamides is 1. The van der Waals surface area contributed by atoms with E-state index in [-0.39, 0.29) is 50.5 Å². The molecule has 0 aliphatic carbocycles. The lowest BCUT2D eigenvalue weighted by Gasteiger charge is -2.27. The number of nitrogens with one attached hydrogen (secondary N) is 1. The summed E-state index contributed by atoms with van der Waals surface area (Å²) in [5.41, 5.74) is 17.5. The third-order valence-electron chi connectivity index (χ3n) is 13.1. The van der Waals surface area contributed by atoms with Gasteiger partial charge in [-0.25, -0.2) is 14.8 Å². The Kier molecular flexibility index (Phi) is 26.3. The molecule has 0 bridgehead atoms. The highest BCUT2D eigenvalue weighted by atomic mass is 127. The van der Waals surface area contributed by atoms with Crippen molar-refractivity contribution < 1.29 is 37.2 Å². The molecule has 2 aliphatic rings. The Morgan fingerprint density at radius 1 is 0.726 bits per heavy atom. The second-order valence-corrected chi connectivity index (χ2v) is 19.9. The van der Waals surface area contributed by atoms with Gasteiger partial charge in [-0.1, -0.05) is 64.6 Å². The van der Waals surface area contributed by atoms with Crippen LogP contribution in [0.25, 0.3) is 17.1 Å². The molecule has 0 unspecified atom stereocenters. The number of halogens is 3. The number of nitrogen functional groups attached to an aromatic ring is 1. The van der Waals surface area contributed by atoms with Gasteiger partial charge in [0.2, 0.25) is 5.82 Å². The van der Waals surface area contributed by atoms with Gasteiger partial charge in [0.1, 0.15) is 6.16 Å². The minimum Gasteiger partial charge on any atom is -0.493 e. The molecular formula is C54H63BI3N15O10S. The summed E-state index contributed by atoms with van der Waals surface area (Å²) >= 11 is 5.20. The first-order chi connectivity index (χ1) is 41.1. The van der Waals surface area contributed by atoms with Gasteiger partial charge in [0.25, 0.3) is 21.4 Å². The number of benzene rings is 5. The molecule has 25 nitrogen and oxygen atoms in total. The number of ether oxygens (including phenoxy) is 4. The van der Waals surface area contributed by atoms with E-state index in [1.54, 1.807) is 34.5 Å². The number of nitro groups is 2. The first-order valence-electron chi connectivity index (χ1n) is 25.7. The fourth-order valence-corrected chi connectivity index (χ4v) is 9.42. The van der Waals surface area contributed by atoms with Gasteiger partial charge >= 0.3 is 0 Å². The first kappa shape index (κ1) is 66.1. The fraction of sp³-hybridized carbons (Fsp3) is 0.296. The summed E-state index contributed by atoms with van der Waals surface area (Å²) in [6.45, 7) is 9.94. The quantitative estimate of drug-likeness (QED) is 0.0155. The zero-order chi connectivity index (χ0) is 62.1. The summed E-state index contributed by atoms with van der Waals surface area (Å²) in [5, 5.41) is 38.9. The highest BCUT2D eigenvalue weighted by Gasteiger charge is 2.25. The predicted molar refractivity (Wildman–Crippen MR) is 348 cm³/mol. The van der Waals surface area contributed by atoms with E-state index in [1.165, 1.54) is 116 Å². The number of alkyl halides is 1. The molecule has 2 radical (unpaired) electrons. The van der Waals surface area contributed by atoms with E-state index >= 15 is 0 Å². The normalized spacial score (nSPS) is 12.7. The molecule has 0 saturated heterocycles. The van der Waals surface area contributed by atoms with Crippen LogP contribution in [0.15, 0.2) is 132 Å². The number of rotatable bonds is 18. The number of fused-ring (bicyclic) bond motifs is 2. The van der Waals surface area contributed by atoms with Crippen LogP contribution >= 0.6 is 68.7 Å². The standard InChI is InChI=1S/C23H24N8O4.C16H17N3O6S.C14H18N4.CH3I.BI.HI/c1-34-21-11-19(20(31(32)33)12-22(21)35-2)23-25-27-30(26-23)17-5-3-16(4-6-17)7-8-28-9-10-29-15-24-13-18(29)14-28;1-11-4-6-13(7-5-11)26(22,23)18-17-10-12-8-15(24-2)16(25-3)9-14(12)19(20)21;15-13-3-1-12(2-4-13)5-6-17-7-8-18-11-16-9-14(18)10-17;2*1-2;/h3-6,11-13,15H,7-10,14H2,1-2H3;4-10,18H,1-3H3;1-4,9,11H,5-8,10,15H2;1H3;;1H/b;17-10+;;;;/i/hD. The Morgan fingerprint density at radius 3 is 1.70 bits per heavy atom. The lowest BCUT2D eigenvalue weighted by Crippen LogP contribution is -2.34.